The van der Waals surface area contributed by atoms with Crippen molar-refractivity contribution in [3.05, 3.63) is 23.8 Å². The third kappa shape index (κ3) is 5.11. The topological polar surface area (TPSA) is 109 Å². The second-order valence-corrected chi connectivity index (χ2v) is 9.99. The highest BCUT2D eigenvalue weighted by molar-refractivity contribution is 5.89. The lowest BCUT2D eigenvalue weighted by Gasteiger charge is -2.37. The lowest BCUT2D eigenvalue weighted by Crippen LogP contribution is -2.47. The SMILES string of the molecule is O=C(C[C@H]1C[C@@H]2c3cc(NC(=O)NC4CCCC4)ccc3O[C@@H]2[C@H](CO)O1)NC1CCCC1. The first-order valence-corrected chi connectivity index (χ1v) is 12.5. The normalized spacial score (nSPS) is 29.2. The number of amides is 3. The largest absolute Gasteiger partial charge is 0.487 e. The van der Waals surface area contributed by atoms with Crippen LogP contribution in [0.2, 0.25) is 0 Å². The minimum Gasteiger partial charge on any atom is -0.487 e. The lowest BCUT2D eigenvalue weighted by molar-refractivity contribution is -0.142. The van der Waals surface area contributed by atoms with E-state index in [4.69, 9.17) is 9.47 Å². The summed E-state index contributed by atoms with van der Waals surface area (Å²) in [4.78, 5) is 25.0. The monoisotopic (exact) mass is 457 g/mol. The van der Waals surface area contributed by atoms with Crippen molar-refractivity contribution in [2.45, 2.75) is 101 Å². The summed E-state index contributed by atoms with van der Waals surface area (Å²) in [5.74, 6) is 0.778. The summed E-state index contributed by atoms with van der Waals surface area (Å²) in [6, 6.07) is 6.02. The van der Waals surface area contributed by atoms with Gasteiger partial charge in [-0.1, -0.05) is 25.7 Å². The van der Waals surface area contributed by atoms with Crippen molar-refractivity contribution in [2.75, 3.05) is 11.9 Å². The van der Waals surface area contributed by atoms with Crippen LogP contribution >= 0.6 is 0 Å². The molecule has 4 aliphatic rings. The fraction of sp³-hybridized carbons (Fsp3) is 0.680. The predicted molar refractivity (Wildman–Crippen MR) is 123 cm³/mol. The maximum absolute atomic E-state index is 12.6. The fourth-order valence-electron chi connectivity index (χ4n) is 5.95. The Hall–Kier alpha value is -2.32. The Balaban J connectivity index is 1.24. The number of hydrogen-bond donors (Lipinski definition) is 4. The Morgan fingerprint density at radius 2 is 1.70 bits per heavy atom. The van der Waals surface area contributed by atoms with Crippen molar-refractivity contribution >= 4 is 17.6 Å². The molecular formula is C25H35N3O5. The van der Waals surface area contributed by atoms with Gasteiger partial charge < -0.3 is 30.5 Å². The molecule has 0 unspecified atom stereocenters. The van der Waals surface area contributed by atoms with Gasteiger partial charge in [-0.25, -0.2) is 4.79 Å². The number of carbonyl (C=O) groups is 2. The zero-order valence-corrected chi connectivity index (χ0v) is 19.1. The molecular weight excluding hydrogens is 422 g/mol. The summed E-state index contributed by atoms with van der Waals surface area (Å²) >= 11 is 0. The molecule has 8 nitrogen and oxygen atoms in total. The van der Waals surface area contributed by atoms with Crippen molar-refractivity contribution in [1.29, 1.82) is 0 Å². The van der Waals surface area contributed by atoms with Gasteiger partial charge in [0.1, 0.15) is 18.0 Å². The third-order valence-electron chi connectivity index (χ3n) is 7.58. The average molecular weight is 458 g/mol. The van der Waals surface area contributed by atoms with Gasteiger partial charge in [0, 0.05) is 29.3 Å². The molecule has 180 valence electrons. The number of ether oxygens (including phenoxy) is 2. The second-order valence-electron chi connectivity index (χ2n) is 9.99. The van der Waals surface area contributed by atoms with Gasteiger partial charge in [0.25, 0.3) is 0 Å². The molecule has 3 amide bonds. The molecule has 1 aromatic rings. The Labute approximate surface area is 194 Å². The Bertz CT molecular complexity index is 866. The molecule has 2 aliphatic heterocycles. The van der Waals surface area contributed by atoms with Gasteiger partial charge in [-0.15, -0.1) is 0 Å². The minimum atomic E-state index is -0.484. The molecule has 2 aliphatic carbocycles. The van der Waals surface area contributed by atoms with E-state index in [9.17, 15) is 14.7 Å². The number of rotatable bonds is 6. The number of aliphatic hydroxyl groups excluding tert-OH is 1. The van der Waals surface area contributed by atoms with Crippen molar-refractivity contribution in [3.8, 4) is 5.75 Å². The summed E-state index contributed by atoms with van der Waals surface area (Å²) in [5.41, 5.74) is 1.72. The van der Waals surface area contributed by atoms with Gasteiger partial charge in [0.2, 0.25) is 5.91 Å². The highest BCUT2D eigenvalue weighted by atomic mass is 16.6. The quantitative estimate of drug-likeness (QED) is 0.525. The number of benzene rings is 1. The van der Waals surface area contributed by atoms with Crippen LogP contribution in [0.15, 0.2) is 18.2 Å². The van der Waals surface area contributed by atoms with Crippen LogP contribution in [0.5, 0.6) is 5.75 Å². The number of fused-ring (bicyclic) bond motifs is 3. The molecule has 2 saturated carbocycles. The molecule has 3 fully saturated rings. The fourth-order valence-corrected chi connectivity index (χ4v) is 5.95. The summed E-state index contributed by atoms with van der Waals surface area (Å²) < 4.78 is 12.2. The van der Waals surface area contributed by atoms with Gasteiger partial charge in [-0.05, 0) is 50.3 Å². The Morgan fingerprint density at radius 1 is 1.00 bits per heavy atom. The highest BCUT2D eigenvalue weighted by Crippen LogP contribution is 2.47. The molecule has 33 heavy (non-hydrogen) atoms. The Kier molecular flexibility index (Phi) is 6.74. The summed E-state index contributed by atoms with van der Waals surface area (Å²) in [6.45, 7) is -0.162. The number of aliphatic hydroxyl groups is 1. The zero-order valence-electron chi connectivity index (χ0n) is 19.1. The molecule has 2 heterocycles. The highest BCUT2D eigenvalue weighted by Gasteiger charge is 2.46. The Morgan fingerprint density at radius 3 is 2.39 bits per heavy atom. The standard InChI is InChI=1S/C25H35N3O5/c29-14-22-24-20(12-18(32-22)13-23(30)26-15-5-1-2-6-15)19-11-17(9-10-21(19)33-24)28-25(31)27-16-7-3-4-8-16/h9-11,15-16,18,20,22,24,29H,1-8,12-14H2,(H,26,30)(H2,27,28,31)/t18-,20-,22+,24+/m1/s1. The number of nitrogens with one attached hydrogen (secondary N) is 3. The van der Waals surface area contributed by atoms with E-state index in [0.29, 0.717) is 6.42 Å². The molecule has 0 radical (unpaired) electrons. The van der Waals surface area contributed by atoms with Crippen molar-refractivity contribution in [1.82, 2.24) is 10.6 Å². The number of anilines is 1. The minimum absolute atomic E-state index is 0.00910. The molecule has 0 aromatic heterocycles. The predicted octanol–water partition coefficient (Wildman–Crippen LogP) is 3.19. The van der Waals surface area contributed by atoms with E-state index in [1.54, 1.807) is 0 Å². The smallest absolute Gasteiger partial charge is 0.319 e. The van der Waals surface area contributed by atoms with Gasteiger partial charge in [-0.2, -0.15) is 0 Å². The number of hydrogen-bond acceptors (Lipinski definition) is 5. The van der Waals surface area contributed by atoms with E-state index in [1.807, 2.05) is 18.2 Å². The van der Waals surface area contributed by atoms with Crippen LogP contribution in [0.25, 0.3) is 0 Å². The maximum Gasteiger partial charge on any atom is 0.319 e. The van der Waals surface area contributed by atoms with Crippen molar-refractivity contribution in [3.63, 3.8) is 0 Å². The first-order valence-electron chi connectivity index (χ1n) is 12.5. The van der Waals surface area contributed by atoms with E-state index < -0.39 is 6.10 Å². The van der Waals surface area contributed by atoms with E-state index >= 15 is 0 Å². The summed E-state index contributed by atoms with van der Waals surface area (Å²) in [5, 5.41) is 19.1. The molecule has 0 bridgehead atoms. The lowest BCUT2D eigenvalue weighted by atomic mass is 9.84. The van der Waals surface area contributed by atoms with E-state index in [-0.39, 0.29) is 55.2 Å². The number of urea groups is 1. The van der Waals surface area contributed by atoms with Crippen molar-refractivity contribution < 1.29 is 24.2 Å². The average Bonchev–Trinajstić information content (AvgIpc) is 3.55. The van der Waals surface area contributed by atoms with E-state index in [2.05, 4.69) is 16.0 Å². The molecule has 0 spiro atoms. The first-order chi connectivity index (χ1) is 16.1. The van der Waals surface area contributed by atoms with Crippen LogP contribution in [0.3, 0.4) is 0 Å². The van der Waals surface area contributed by atoms with Crippen LogP contribution in [-0.4, -0.2) is 54.0 Å². The summed E-state index contributed by atoms with van der Waals surface area (Å²) in [6.07, 6.45) is 8.72. The van der Waals surface area contributed by atoms with Gasteiger partial charge in [-0.3, -0.25) is 4.79 Å². The van der Waals surface area contributed by atoms with E-state index in [1.165, 1.54) is 12.8 Å². The number of carbonyl (C=O) groups excluding carboxylic acids is 2. The van der Waals surface area contributed by atoms with Gasteiger partial charge in [0.05, 0.1) is 19.1 Å². The second kappa shape index (κ2) is 9.89. The molecule has 5 rings (SSSR count). The van der Waals surface area contributed by atoms with Gasteiger partial charge in [0.15, 0.2) is 0 Å². The molecule has 4 N–H and O–H groups in total. The molecule has 1 saturated heterocycles. The molecule has 4 atom stereocenters. The van der Waals surface area contributed by atoms with Crippen LogP contribution in [0.4, 0.5) is 10.5 Å². The van der Waals surface area contributed by atoms with Crippen LogP contribution in [0, 0.1) is 0 Å². The third-order valence-corrected chi connectivity index (χ3v) is 7.58. The zero-order chi connectivity index (χ0) is 22.8. The molecule has 8 heteroatoms. The van der Waals surface area contributed by atoms with Gasteiger partial charge >= 0.3 is 6.03 Å². The van der Waals surface area contributed by atoms with Crippen LogP contribution in [-0.2, 0) is 9.53 Å². The maximum atomic E-state index is 12.6. The van der Waals surface area contributed by atoms with E-state index in [0.717, 1.165) is 55.5 Å². The van der Waals surface area contributed by atoms with Crippen molar-refractivity contribution in [2.24, 2.45) is 0 Å². The summed E-state index contributed by atoms with van der Waals surface area (Å²) in [7, 11) is 0. The first kappa shape index (κ1) is 22.5. The molecule has 1 aromatic carbocycles. The van der Waals surface area contributed by atoms with Crippen LogP contribution in [0.1, 0.15) is 75.7 Å². The van der Waals surface area contributed by atoms with Crippen LogP contribution < -0.4 is 20.7 Å².